The third kappa shape index (κ3) is 3.61. The molecule has 0 saturated heterocycles. The number of amides is 1. The van der Waals surface area contributed by atoms with E-state index in [2.05, 4.69) is 5.32 Å². The molecule has 1 unspecified atom stereocenters. The molecule has 0 aromatic heterocycles. The third-order valence-corrected chi connectivity index (χ3v) is 3.07. The maximum absolute atomic E-state index is 12.3. The first kappa shape index (κ1) is 15.3. The number of carboxylic acids is 1. The molecule has 1 amide bonds. The van der Waals surface area contributed by atoms with Crippen LogP contribution in [0.4, 0.5) is 5.69 Å². The van der Waals surface area contributed by atoms with Crippen LogP contribution in [-0.4, -0.2) is 41.5 Å². The van der Waals surface area contributed by atoms with Crippen molar-refractivity contribution >= 4 is 29.2 Å². The van der Waals surface area contributed by atoms with Crippen LogP contribution in [0.25, 0.3) is 0 Å². The van der Waals surface area contributed by atoms with Crippen LogP contribution in [0, 0.1) is 0 Å². The molecule has 5 nitrogen and oxygen atoms in total. The van der Waals surface area contributed by atoms with Crippen LogP contribution in [0.3, 0.4) is 0 Å². The Kier molecular flexibility index (Phi) is 5.18. The van der Waals surface area contributed by atoms with E-state index in [-0.39, 0.29) is 5.91 Å². The largest absolute Gasteiger partial charge is 0.480 e. The zero-order valence-electron chi connectivity index (χ0n) is 11.1. The molecule has 0 spiro atoms. The Morgan fingerprint density at radius 2 is 2.11 bits per heavy atom. The number of rotatable bonds is 5. The molecule has 0 radical (unpaired) electrons. The van der Waals surface area contributed by atoms with Gasteiger partial charge in [0.2, 0.25) is 0 Å². The molecule has 0 heterocycles. The van der Waals surface area contributed by atoms with Crippen molar-refractivity contribution in [1.82, 2.24) is 4.90 Å². The van der Waals surface area contributed by atoms with Crippen molar-refractivity contribution in [2.45, 2.75) is 19.9 Å². The summed E-state index contributed by atoms with van der Waals surface area (Å²) >= 11 is 5.89. The molecule has 1 aromatic carbocycles. The van der Waals surface area contributed by atoms with Gasteiger partial charge in [0, 0.05) is 24.3 Å². The van der Waals surface area contributed by atoms with Crippen LogP contribution in [0.5, 0.6) is 0 Å². The highest BCUT2D eigenvalue weighted by Gasteiger charge is 2.24. The number of hydrogen-bond acceptors (Lipinski definition) is 3. The lowest BCUT2D eigenvalue weighted by atomic mass is 10.1. The van der Waals surface area contributed by atoms with Crippen LogP contribution >= 0.6 is 11.6 Å². The van der Waals surface area contributed by atoms with Gasteiger partial charge in [0.1, 0.15) is 6.04 Å². The molecule has 2 N–H and O–H groups in total. The van der Waals surface area contributed by atoms with Crippen molar-refractivity contribution < 1.29 is 14.7 Å². The normalized spacial score (nSPS) is 11.8. The summed E-state index contributed by atoms with van der Waals surface area (Å²) in [5, 5.41) is 12.4. The molecule has 0 bridgehead atoms. The smallest absolute Gasteiger partial charge is 0.326 e. The molecule has 1 aromatic rings. The fourth-order valence-corrected chi connectivity index (χ4v) is 1.74. The summed E-state index contributed by atoms with van der Waals surface area (Å²) in [4.78, 5) is 24.4. The summed E-state index contributed by atoms with van der Waals surface area (Å²) in [6, 6.07) is 4.02. The van der Waals surface area contributed by atoms with Crippen LogP contribution < -0.4 is 5.32 Å². The first-order chi connectivity index (χ1) is 8.88. The van der Waals surface area contributed by atoms with E-state index < -0.39 is 12.0 Å². The lowest BCUT2D eigenvalue weighted by molar-refractivity contribution is -0.141. The average Bonchev–Trinajstić information content (AvgIpc) is 2.38. The van der Waals surface area contributed by atoms with Crippen LogP contribution in [0.1, 0.15) is 24.2 Å². The number of aliphatic carboxylic acids is 1. The maximum atomic E-state index is 12.3. The van der Waals surface area contributed by atoms with Gasteiger partial charge in [-0.3, -0.25) is 4.79 Å². The average molecular weight is 285 g/mol. The Balaban J connectivity index is 3.10. The van der Waals surface area contributed by atoms with Crippen molar-refractivity contribution in [2.24, 2.45) is 0 Å². The first-order valence-electron chi connectivity index (χ1n) is 5.91. The Bertz CT molecular complexity index is 491. The molecule has 0 aliphatic rings. The predicted octanol–water partition coefficient (Wildman–Crippen LogP) is 2.32. The van der Waals surface area contributed by atoms with Gasteiger partial charge in [-0.1, -0.05) is 11.6 Å². The topological polar surface area (TPSA) is 69.6 Å². The minimum absolute atomic E-state index is 0.366. The van der Waals surface area contributed by atoms with E-state index in [1.54, 1.807) is 12.1 Å². The number of nitrogens with zero attached hydrogens (tertiary/aromatic N) is 1. The zero-order valence-corrected chi connectivity index (χ0v) is 11.9. The minimum atomic E-state index is -1.05. The molecule has 1 rings (SSSR count). The number of likely N-dealkylation sites (N-methyl/N-ethyl adjacent to an activating group) is 1. The van der Waals surface area contributed by atoms with E-state index in [0.29, 0.717) is 22.8 Å². The number of anilines is 1. The molecule has 0 aliphatic heterocycles. The highest BCUT2D eigenvalue weighted by atomic mass is 35.5. The number of carbonyl (C=O) groups is 2. The Morgan fingerprint density at radius 3 is 2.63 bits per heavy atom. The maximum Gasteiger partial charge on any atom is 0.326 e. The lowest BCUT2D eigenvalue weighted by Crippen LogP contribution is -2.40. The molecule has 0 saturated carbocycles. The molecule has 0 fully saturated rings. The lowest BCUT2D eigenvalue weighted by Gasteiger charge is -2.23. The summed E-state index contributed by atoms with van der Waals surface area (Å²) in [6.45, 7) is 4.02. The van der Waals surface area contributed by atoms with E-state index in [0.717, 1.165) is 0 Å². The van der Waals surface area contributed by atoms with E-state index in [9.17, 15) is 9.59 Å². The highest BCUT2D eigenvalue weighted by molar-refractivity contribution is 6.31. The molecule has 104 valence electrons. The number of benzene rings is 1. The number of nitrogens with one attached hydrogen (secondary N) is 1. The van der Waals surface area contributed by atoms with Gasteiger partial charge in [-0.05, 0) is 32.0 Å². The SMILES string of the molecule is CCNc1ccc(Cl)cc1C(=O)N(C)C(C)C(=O)O. The quantitative estimate of drug-likeness (QED) is 0.870. The second-order valence-electron chi connectivity index (χ2n) is 4.15. The number of carboxylic acid groups (broad SMARTS) is 1. The second kappa shape index (κ2) is 6.43. The summed E-state index contributed by atoms with van der Waals surface area (Å²) in [5.74, 6) is -1.43. The van der Waals surface area contributed by atoms with Gasteiger partial charge in [0.05, 0.1) is 5.56 Å². The Hall–Kier alpha value is -1.75. The molecular weight excluding hydrogens is 268 g/mol. The minimum Gasteiger partial charge on any atom is -0.480 e. The molecule has 19 heavy (non-hydrogen) atoms. The van der Waals surface area contributed by atoms with Gasteiger partial charge >= 0.3 is 5.97 Å². The number of halogens is 1. The number of carbonyl (C=O) groups excluding carboxylic acids is 1. The highest BCUT2D eigenvalue weighted by Crippen LogP contribution is 2.22. The van der Waals surface area contributed by atoms with Crippen molar-refractivity contribution in [1.29, 1.82) is 0 Å². The Labute approximate surface area is 117 Å². The van der Waals surface area contributed by atoms with Crippen LogP contribution in [-0.2, 0) is 4.79 Å². The summed E-state index contributed by atoms with van der Waals surface area (Å²) in [7, 11) is 1.46. The standard InChI is InChI=1S/C13H17ClN2O3/c1-4-15-11-6-5-9(14)7-10(11)12(17)16(3)8(2)13(18)19/h5-8,15H,4H2,1-3H3,(H,18,19). The van der Waals surface area contributed by atoms with Crippen LogP contribution in [0.15, 0.2) is 18.2 Å². The van der Waals surface area contributed by atoms with Crippen molar-refractivity contribution in [3.05, 3.63) is 28.8 Å². The molecule has 0 aliphatic carbocycles. The summed E-state index contributed by atoms with van der Waals surface area (Å²) in [6.07, 6.45) is 0. The number of hydrogen-bond donors (Lipinski definition) is 2. The molecular formula is C13H17ClN2O3. The molecule has 6 heteroatoms. The van der Waals surface area contributed by atoms with Crippen molar-refractivity contribution in [3.63, 3.8) is 0 Å². The van der Waals surface area contributed by atoms with Crippen LogP contribution in [0.2, 0.25) is 5.02 Å². The summed E-state index contributed by atoms with van der Waals surface area (Å²) < 4.78 is 0. The Morgan fingerprint density at radius 1 is 1.47 bits per heavy atom. The van der Waals surface area contributed by atoms with Gasteiger partial charge in [-0.2, -0.15) is 0 Å². The third-order valence-electron chi connectivity index (χ3n) is 2.84. The van der Waals surface area contributed by atoms with Crippen molar-refractivity contribution in [3.8, 4) is 0 Å². The zero-order chi connectivity index (χ0) is 14.6. The van der Waals surface area contributed by atoms with Gasteiger partial charge in [-0.15, -0.1) is 0 Å². The summed E-state index contributed by atoms with van der Waals surface area (Å²) in [5.41, 5.74) is 1.01. The fraction of sp³-hybridized carbons (Fsp3) is 0.385. The van der Waals surface area contributed by atoms with Gasteiger partial charge in [0.25, 0.3) is 5.91 Å². The molecule has 1 atom stereocenters. The predicted molar refractivity (Wildman–Crippen MR) is 74.8 cm³/mol. The van der Waals surface area contributed by atoms with E-state index >= 15 is 0 Å². The van der Waals surface area contributed by atoms with E-state index in [1.165, 1.54) is 24.9 Å². The van der Waals surface area contributed by atoms with Gasteiger partial charge < -0.3 is 15.3 Å². The van der Waals surface area contributed by atoms with Gasteiger partial charge in [0.15, 0.2) is 0 Å². The van der Waals surface area contributed by atoms with E-state index in [4.69, 9.17) is 16.7 Å². The fourth-order valence-electron chi connectivity index (χ4n) is 1.57. The monoisotopic (exact) mass is 284 g/mol. The second-order valence-corrected chi connectivity index (χ2v) is 4.59. The van der Waals surface area contributed by atoms with Crippen molar-refractivity contribution in [2.75, 3.05) is 18.9 Å². The first-order valence-corrected chi connectivity index (χ1v) is 6.29. The van der Waals surface area contributed by atoms with Gasteiger partial charge in [-0.25, -0.2) is 4.79 Å². The van der Waals surface area contributed by atoms with E-state index in [1.807, 2.05) is 6.92 Å².